The summed E-state index contributed by atoms with van der Waals surface area (Å²) in [6.07, 6.45) is 1.64. The standard InChI is InChI=1S/C24H31FN2O3S/c1-16-15-17(2)19(4)23(18(16)3)31(29,30)27-13-10-21(11-14-27)24(28)26-12-9-20-5-7-22(25)8-6-20/h5-8,15,21H,9-14H2,1-4H3,(H,26,28). The second kappa shape index (κ2) is 9.49. The van der Waals surface area contributed by atoms with Crippen LogP contribution in [0.2, 0.25) is 0 Å². The van der Waals surface area contributed by atoms with E-state index >= 15 is 0 Å². The summed E-state index contributed by atoms with van der Waals surface area (Å²) in [4.78, 5) is 12.9. The molecule has 31 heavy (non-hydrogen) atoms. The summed E-state index contributed by atoms with van der Waals surface area (Å²) in [6, 6.07) is 8.26. The topological polar surface area (TPSA) is 66.5 Å². The predicted octanol–water partition coefficient (Wildman–Crippen LogP) is 3.82. The van der Waals surface area contributed by atoms with Gasteiger partial charge in [0.1, 0.15) is 5.82 Å². The molecule has 2 aromatic carbocycles. The Labute approximate surface area is 184 Å². The van der Waals surface area contributed by atoms with Crippen LogP contribution in [-0.4, -0.2) is 38.3 Å². The molecule has 1 heterocycles. The number of amides is 1. The van der Waals surface area contributed by atoms with Crippen molar-refractivity contribution in [2.75, 3.05) is 19.6 Å². The molecule has 3 rings (SSSR count). The molecule has 0 spiro atoms. The number of nitrogens with one attached hydrogen (secondary N) is 1. The molecule has 0 aliphatic carbocycles. The molecule has 0 aromatic heterocycles. The normalized spacial score (nSPS) is 15.8. The first-order valence-electron chi connectivity index (χ1n) is 10.7. The zero-order valence-electron chi connectivity index (χ0n) is 18.7. The van der Waals surface area contributed by atoms with Crippen molar-refractivity contribution in [1.82, 2.24) is 9.62 Å². The number of aryl methyl sites for hydroxylation is 2. The Hall–Kier alpha value is -2.25. The fourth-order valence-electron chi connectivity index (χ4n) is 4.18. The third-order valence-corrected chi connectivity index (χ3v) is 8.52. The molecular weight excluding hydrogens is 415 g/mol. The van der Waals surface area contributed by atoms with Crippen LogP contribution < -0.4 is 5.32 Å². The number of benzene rings is 2. The van der Waals surface area contributed by atoms with Crippen LogP contribution in [-0.2, 0) is 21.2 Å². The van der Waals surface area contributed by atoms with Crippen molar-refractivity contribution in [3.63, 3.8) is 0 Å². The lowest BCUT2D eigenvalue weighted by atomic mass is 9.97. The van der Waals surface area contributed by atoms with Crippen LogP contribution >= 0.6 is 0 Å². The third kappa shape index (κ3) is 5.15. The van der Waals surface area contributed by atoms with Crippen LogP contribution in [0.4, 0.5) is 4.39 Å². The average Bonchev–Trinajstić information content (AvgIpc) is 2.74. The van der Waals surface area contributed by atoms with E-state index in [1.807, 2.05) is 33.8 Å². The van der Waals surface area contributed by atoms with E-state index in [9.17, 15) is 17.6 Å². The maximum absolute atomic E-state index is 13.4. The van der Waals surface area contributed by atoms with Crippen molar-refractivity contribution in [1.29, 1.82) is 0 Å². The van der Waals surface area contributed by atoms with Gasteiger partial charge in [-0.1, -0.05) is 18.2 Å². The van der Waals surface area contributed by atoms with Crippen molar-refractivity contribution >= 4 is 15.9 Å². The van der Waals surface area contributed by atoms with Gasteiger partial charge in [0.25, 0.3) is 0 Å². The molecule has 0 unspecified atom stereocenters. The first kappa shape index (κ1) is 23.4. The second-order valence-corrected chi connectivity index (χ2v) is 10.3. The quantitative estimate of drug-likeness (QED) is 0.734. The number of rotatable bonds is 6. The van der Waals surface area contributed by atoms with E-state index in [4.69, 9.17) is 0 Å². The molecule has 0 atom stereocenters. The van der Waals surface area contributed by atoms with Crippen LogP contribution in [0.5, 0.6) is 0 Å². The number of piperidine rings is 1. The fourth-order valence-corrected chi connectivity index (χ4v) is 6.23. The summed E-state index contributed by atoms with van der Waals surface area (Å²) in [5, 5.41) is 2.93. The Balaban J connectivity index is 1.59. The zero-order valence-corrected chi connectivity index (χ0v) is 19.5. The van der Waals surface area contributed by atoms with Gasteiger partial charge in [-0.25, -0.2) is 12.8 Å². The molecule has 2 aromatic rings. The van der Waals surface area contributed by atoms with Gasteiger partial charge in [-0.05, 0) is 86.9 Å². The second-order valence-electron chi connectivity index (χ2n) is 8.44. The van der Waals surface area contributed by atoms with E-state index in [1.165, 1.54) is 16.4 Å². The lowest BCUT2D eigenvalue weighted by molar-refractivity contribution is -0.126. The highest BCUT2D eigenvalue weighted by atomic mass is 32.2. The predicted molar refractivity (Wildman–Crippen MR) is 120 cm³/mol. The monoisotopic (exact) mass is 446 g/mol. The molecular formula is C24H31FN2O3S. The first-order valence-corrected chi connectivity index (χ1v) is 12.1. The molecule has 1 aliphatic heterocycles. The highest BCUT2D eigenvalue weighted by Crippen LogP contribution is 2.31. The molecule has 1 saturated heterocycles. The maximum Gasteiger partial charge on any atom is 0.243 e. The average molecular weight is 447 g/mol. The van der Waals surface area contributed by atoms with Gasteiger partial charge in [-0.2, -0.15) is 4.31 Å². The Morgan fingerprint density at radius 2 is 1.58 bits per heavy atom. The Bertz CT molecular complexity index is 1030. The maximum atomic E-state index is 13.4. The molecule has 168 valence electrons. The number of hydrogen-bond donors (Lipinski definition) is 1. The van der Waals surface area contributed by atoms with E-state index in [0.717, 1.165) is 27.8 Å². The minimum absolute atomic E-state index is 0.0436. The number of carbonyl (C=O) groups excluding carboxylic acids is 1. The molecule has 0 bridgehead atoms. The minimum Gasteiger partial charge on any atom is -0.356 e. The van der Waals surface area contributed by atoms with Gasteiger partial charge in [-0.15, -0.1) is 0 Å². The van der Waals surface area contributed by atoms with Crippen LogP contribution in [0, 0.1) is 39.4 Å². The third-order valence-electron chi connectivity index (χ3n) is 6.35. The number of halogens is 1. The number of hydrogen-bond acceptors (Lipinski definition) is 3. The highest BCUT2D eigenvalue weighted by molar-refractivity contribution is 7.89. The summed E-state index contributed by atoms with van der Waals surface area (Å²) in [7, 11) is -3.60. The van der Waals surface area contributed by atoms with Gasteiger partial charge in [0.2, 0.25) is 15.9 Å². The van der Waals surface area contributed by atoms with Crippen molar-refractivity contribution in [2.45, 2.75) is 51.9 Å². The molecule has 7 heteroatoms. The van der Waals surface area contributed by atoms with E-state index in [0.29, 0.717) is 43.8 Å². The Morgan fingerprint density at radius 1 is 1.03 bits per heavy atom. The van der Waals surface area contributed by atoms with Crippen molar-refractivity contribution in [2.24, 2.45) is 5.92 Å². The van der Waals surface area contributed by atoms with Crippen LogP contribution in [0.3, 0.4) is 0 Å². The number of carbonyl (C=O) groups is 1. The highest BCUT2D eigenvalue weighted by Gasteiger charge is 2.34. The van der Waals surface area contributed by atoms with Crippen LogP contribution in [0.25, 0.3) is 0 Å². The summed E-state index contributed by atoms with van der Waals surface area (Å²) in [5.74, 6) is -0.514. The van der Waals surface area contributed by atoms with Crippen LogP contribution in [0.15, 0.2) is 35.2 Å². The largest absolute Gasteiger partial charge is 0.356 e. The van der Waals surface area contributed by atoms with Crippen molar-refractivity contribution in [3.05, 3.63) is 64.0 Å². The number of sulfonamides is 1. The Morgan fingerprint density at radius 3 is 2.13 bits per heavy atom. The summed E-state index contributed by atoms with van der Waals surface area (Å²) < 4.78 is 41.2. The molecule has 5 nitrogen and oxygen atoms in total. The van der Waals surface area contributed by atoms with E-state index < -0.39 is 10.0 Å². The Kier molecular flexibility index (Phi) is 7.17. The lowest BCUT2D eigenvalue weighted by Gasteiger charge is -2.31. The molecule has 0 saturated carbocycles. The van der Waals surface area contributed by atoms with Gasteiger partial charge in [0, 0.05) is 25.6 Å². The number of nitrogens with zero attached hydrogens (tertiary/aromatic N) is 1. The molecule has 1 fully saturated rings. The summed E-state index contributed by atoms with van der Waals surface area (Å²) >= 11 is 0. The van der Waals surface area contributed by atoms with Crippen molar-refractivity contribution in [3.8, 4) is 0 Å². The van der Waals surface area contributed by atoms with E-state index in [2.05, 4.69) is 5.32 Å². The van der Waals surface area contributed by atoms with Gasteiger partial charge >= 0.3 is 0 Å². The fraction of sp³-hybridized carbons (Fsp3) is 0.458. The van der Waals surface area contributed by atoms with E-state index in [1.54, 1.807) is 12.1 Å². The summed E-state index contributed by atoms with van der Waals surface area (Å²) in [6.45, 7) is 8.73. The van der Waals surface area contributed by atoms with Gasteiger partial charge in [0.15, 0.2) is 0 Å². The minimum atomic E-state index is -3.60. The van der Waals surface area contributed by atoms with Gasteiger partial charge in [0.05, 0.1) is 4.90 Å². The molecule has 1 amide bonds. The van der Waals surface area contributed by atoms with Crippen LogP contribution in [0.1, 0.15) is 40.7 Å². The lowest BCUT2D eigenvalue weighted by Crippen LogP contribution is -2.43. The molecule has 0 radical (unpaired) electrons. The zero-order chi connectivity index (χ0) is 22.8. The van der Waals surface area contributed by atoms with Gasteiger partial charge < -0.3 is 5.32 Å². The van der Waals surface area contributed by atoms with Crippen molar-refractivity contribution < 1.29 is 17.6 Å². The molecule has 1 N–H and O–H groups in total. The smallest absolute Gasteiger partial charge is 0.243 e. The summed E-state index contributed by atoms with van der Waals surface area (Å²) in [5.41, 5.74) is 4.49. The van der Waals surface area contributed by atoms with Gasteiger partial charge in [-0.3, -0.25) is 4.79 Å². The molecule has 1 aliphatic rings. The van der Waals surface area contributed by atoms with E-state index in [-0.39, 0.29) is 17.6 Å². The first-order chi connectivity index (χ1) is 14.6. The SMILES string of the molecule is Cc1cc(C)c(C)c(S(=O)(=O)N2CCC(C(=O)NCCc3ccc(F)cc3)CC2)c1C.